The summed E-state index contributed by atoms with van der Waals surface area (Å²) in [5, 5.41) is 9.23. The van der Waals surface area contributed by atoms with E-state index in [4.69, 9.17) is 4.52 Å². The first-order chi connectivity index (χ1) is 13.5. The Hall–Kier alpha value is -3.41. The molecule has 6 nitrogen and oxygen atoms in total. The van der Waals surface area contributed by atoms with Crippen molar-refractivity contribution >= 4 is 16.7 Å². The standard InChI is InChI=1S/C22H22N4O2/c1-13-9-20(26-28-13)15(3)25-22(27)21-14(2)18(11-24-21)10-17-6-4-5-16-7-8-23-12-19(16)17/h4-9,11-12,15,24H,10H2,1-3H3,(H,25,27). The van der Waals surface area contributed by atoms with Crippen LogP contribution in [-0.2, 0) is 6.42 Å². The predicted octanol–water partition coefficient (Wildman–Crippen LogP) is 4.25. The number of rotatable bonds is 5. The lowest BCUT2D eigenvalue weighted by atomic mass is 9.99. The Kier molecular flexibility index (Phi) is 4.69. The maximum absolute atomic E-state index is 12.7. The van der Waals surface area contributed by atoms with E-state index in [0.717, 1.165) is 34.1 Å². The average Bonchev–Trinajstić information content (AvgIpc) is 3.28. The normalized spacial score (nSPS) is 12.2. The van der Waals surface area contributed by atoms with Crippen LogP contribution in [0.3, 0.4) is 0 Å². The molecule has 0 bridgehead atoms. The van der Waals surface area contributed by atoms with Gasteiger partial charge in [0.1, 0.15) is 17.1 Å². The summed E-state index contributed by atoms with van der Waals surface area (Å²) in [5.41, 5.74) is 4.50. The molecule has 2 N–H and O–H groups in total. The summed E-state index contributed by atoms with van der Waals surface area (Å²) >= 11 is 0. The highest BCUT2D eigenvalue weighted by Crippen LogP contribution is 2.23. The third-order valence-corrected chi connectivity index (χ3v) is 5.07. The minimum Gasteiger partial charge on any atom is -0.361 e. The van der Waals surface area contributed by atoms with Gasteiger partial charge in [0.2, 0.25) is 0 Å². The molecule has 4 rings (SSSR count). The number of carbonyl (C=O) groups is 1. The van der Waals surface area contributed by atoms with Crippen molar-refractivity contribution in [1.82, 2.24) is 20.4 Å². The van der Waals surface area contributed by atoms with Crippen LogP contribution in [0.25, 0.3) is 10.8 Å². The Bertz CT molecular complexity index is 1140. The van der Waals surface area contributed by atoms with E-state index in [1.807, 2.05) is 45.3 Å². The van der Waals surface area contributed by atoms with Crippen molar-refractivity contribution in [2.45, 2.75) is 33.2 Å². The van der Waals surface area contributed by atoms with Crippen LogP contribution in [0.4, 0.5) is 0 Å². The molecule has 0 fully saturated rings. The second-order valence-corrected chi connectivity index (χ2v) is 7.06. The van der Waals surface area contributed by atoms with Gasteiger partial charge in [-0.05, 0) is 55.3 Å². The Balaban J connectivity index is 1.54. The van der Waals surface area contributed by atoms with Crippen LogP contribution in [0.15, 0.2) is 53.4 Å². The highest BCUT2D eigenvalue weighted by Gasteiger charge is 2.19. The van der Waals surface area contributed by atoms with E-state index in [9.17, 15) is 4.79 Å². The molecule has 0 aliphatic carbocycles. The SMILES string of the molecule is Cc1cc(C(C)NC(=O)c2[nH]cc(Cc3cccc4ccncc34)c2C)no1. The quantitative estimate of drug-likeness (QED) is 0.547. The van der Waals surface area contributed by atoms with Gasteiger partial charge in [-0.1, -0.05) is 23.4 Å². The van der Waals surface area contributed by atoms with Gasteiger partial charge >= 0.3 is 0 Å². The van der Waals surface area contributed by atoms with Crippen molar-refractivity contribution in [1.29, 1.82) is 0 Å². The van der Waals surface area contributed by atoms with Gasteiger partial charge < -0.3 is 14.8 Å². The third kappa shape index (κ3) is 3.41. The van der Waals surface area contributed by atoms with Gasteiger partial charge in [-0.25, -0.2) is 0 Å². The highest BCUT2D eigenvalue weighted by molar-refractivity contribution is 5.94. The van der Waals surface area contributed by atoms with Crippen molar-refractivity contribution in [3.63, 3.8) is 0 Å². The van der Waals surface area contributed by atoms with Crippen molar-refractivity contribution in [2.75, 3.05) is 0 Å². The monoisotopic (exact) mass is 374 g/mol. The van der Waals surface area contributed by atoms with Gasteiger partial charge in [-0.15, -0.1) is 0 Å². The van der Waals surface area contributed by atoms with Crippen molar-refractivity contribution < 1.29 is 9.32 Å². The van der Waals surface area contributed by atoms with Crippen LogP contribution >= 0.6 is 0 Å². The second-order valence-electron chi connectivity index (χ2n) is 7.06. The van der Waals surface area contributed by atoms with Gasteiger partial charge in [-0.2, -0.15) is 0 Å². The highest BCUT2D eigenvalue weighted by atomic mass is 16.5. The van der Waals surface area contributed by atoms with Crippen LogP contribution < -0.4 is 5.32 Å². The molecule has 3 aromatic heterocycles. The lowest BCUT2D eigenvalue weighted by Crippen LogP contribution is -2.27. The molecule has 142 valence electrons. The molecule has 0 spiro atoms. The Morgan fingerprint density at radius 1 is 1.25 bits per heavy atom. The van der Waals surface area contributed by atoms with Crippen LogP contribution in [0, 0.1) is 13.8 Å². The number of aromatic amines is 1. The molecule has 1 aromatic carbocycles. The molecule has 1 atom stereocenters. The van der Waals surface area contributed by atoms with Crippen LogP contribution in [0.5, 0.6) is 0 Å². The first kappa shape index (κ1) is 18.0. The maximum Gasteiger partial charge on any atom is 0.268 e. The van der Waals surface area contributed by atoms with E-state index >= 15 is 0 Å². The van der Waals surface area contributed by atoms with Gasteiger partial charge in [0, 0.05) is 30.0 Å². The average molecular weight is 374 g/mol. The van der Waals surface area contributed by atoms with E-state index in [0.29, 0.717) is 11.4 Å². The minimum atomic E-state index is -0.236. The van der Waals surface area contributed by atoms with E-state index in [1.165, 1.54) is 5.56 Å². The number of pyridine rings is 1. The van der Waals surface area contributed by atoms with Crippen molar-refractivity contribution in [3.05, 3.63) is 82.8 Å². The molecule has 0 saturated heterocycles. The minimum absolute atomic E-state index is 0.156. The summed E-state index contributed by atoms with van der Waals surface area (Å²) in [6, 6.07) is 9.83. The summed E-state index contributed by atoms with van der Waals surface area (Å²) in [6.07, 6.45) is 6.33. The van der Waals surface area contributed by atoms with E-state index in [1.54, 1.807) is 6.20 Å². The number of hydrogen-bond acceptors (Lipinski definition) is 4. The number of nitrogens with one attached hydrogen (secondary N) is 2. The summed E-state index contributed by atoms with van der Waals surface area (Å²) in [4.78, 5) is 20.1. The Morgan fingerprint density at radius 2 is 2.11 bits per heavy atom. The number of nitrogens with zero attached hydrogens (tertiary/aromatic N) is 2. The van der Waals surface area contributed by atoms with Gasteiger partial charge in [0.25, 0.3) is 5.91 Å². The van der Waals surface area contributed by atoms with Crippen LogP contribution in [-0.4, -0.2) is 21.0 Å². The molecule has 0 saturated carbocycles. The Labute approximate surface area is 163 Å². The van der Waals surface area contributed by atoms with E-state index in [2.05, 4.69) is 38.6 Å². The summed E-state index contributed by atoms with van der Waals surface area (Å²) in [6.45, 7) is 5.68. The van der Waals surface area contributed by atoms with Gasteiger partial charge in [-0.3, -0.25) is 9.78 Å². The number of benzene rings is 1. The third-order valence-electron chi connectivity index (χ3n) is 5.07. The van der Waals surface area contributed by atoms with Crippen molar-refractivity contribution in [3.8, 4) is 0 Å². The smallest absolute Gasteiger partial charge is 0.268 e. The molecule has 1 amide bonds. The van der Waals surface area contributed by atoms with Gasteiger partial charge in [0.05, 0.1) is 6.04 Å². The zero-order valence-corrected chi connectivity index (χ0v) is 16.1. The largest absolute Gasteiger partial charge is 0.361 e. The van der Waals surface area contributed by atoms with Crippen molar-refractivity contribution in [2.24, 2.45) is 0 Å². The first-order valence-electron chi connectivity index (χ1n) is 9.25. The number of hydrogen-bond donors (Lipinski definition) is 2. The molecule has 0 aliphatic heterocycles. The predicted molar refractivity (Wildman–Crippen MR) is 107 cm³/mol. The topological polar surface area (TPSA) is 83.8 Å². The molecule has 3 heterocycles. The molecule has 0 aliphatic rings. The number of carbonyl (C=O) groups excluding carboxylic acids is 1. The molecular formula is C22H22N4O2. The number of amides is 1. The molecule has 6 heteroatoms. The van der Waals surface area contributed by atoms with Gasteiger partial charge in [0.15, 0.2) is 0 Å². The fourth-order valence-corrected chi connectivity index (χ4v) is 3.42. The number of aromatic nitrogens is 3. The number of H-pyrrole nitrogens is 1. The maximum atomic E-state index is 12.7. The summed E-state index contributed by atoms with van der Waals surface area (Å²) < 4.78 is 5.09. The fraction of sp³-hybridized carbons (Fsp3) is 0.227. The molecule has 28 heavy (non-hydrogen) atoms. The zero-order valence-electron chi connectivity index (χ0n) is 16.1. The number of fused-ring (bicyclic) bond motifs is 1. The van der Waals surface area contributed by atoms with E-state index < -0.39 is 0 Å². The second kappa shape index (κ2) is 7.31. The number of aryl methyl sites for hydroxylation is 1. The molecule has 0 radical (unpaired) electrons. The van der Waals surface area contributed by atoms with Crippen LogP contribution in [0.2, 0.25) is 0 Å². The summed E-state index contributed by atoms with van der Waals surface area (Å²) in [7, 11) is 0. The van der Waals surface area contributed by atoms with Crippen LogP contribution in [0.1, 0.15) is 51.6 Å². The zero-order chi connectivity index (χ0) is 19.7. The lowest BCUT2D eigenvalue weighted by Gasteiger charge is -2.11. The molecule has 1 unspecified atom stereocenters. The molecular weight excluding hydrogens is 352 g/mol. The Morgan fingerprint density at radius 3 is 2.89 bits per heavy atom. The molecule has 4 aromatic rings. The lowest BCUT2D eigenvalue weighted by molar-refractivity contribution is 0.0933. The first-order valence-corrected chi connectivity index (χ1v) is 9.25. The fourth-order valence-electron chi connectivity index (χ4n) is 3.42. The summed E-state index contributed by atoms with van der Waals surface area (Å²) in [5.74, 6) is 0.565. The van der Waals surface area contributed by atoms with E-state index in [-0.39, 0.29) is 11.9 Å².